The third-order valence-corrected chi connectivity index (χ3v) is 4.35. The van der Waals surface area contributed by atoms with Gasteiger partial charge in [0.05, 0.1) is 24.9 Å². The second kappa shape index (κ2) is 10.4. The number of carbonyl (C=O) groups is 2. The highest BCUT2D eigenvalue weighted by Crippen LogP contribution is 2.24. The van der Waals surface area contributed by atoms with Crippen LogP contribution in [-0.4, -0.2) is 29.6 Å². The predicted molar refractivity (Wildman–Crippen MR) is 112 cm³/mol. The van der Waals surface area contributed by atoms with Gasteiger partial charge in [-0.25, -0.2) is 9.37 Å². The summed E-state index contributed by atoms with van der Waals surface area (Å²) < 4.78 is 29.3. The van der Waals surface area contributed by atoms with Crippen LogP contribution >= 0.6 is 0 Å². The van der Waals surface area contributed by atoms with Crippen molar-refractivity contribution in [3.8, 4) is 17.1 Å². The summed E-state index contributed by atoms with van der Waals surface area (Å²) in [5, 5.41) is 2.70. The first-order valence-electron chi connectivity index (χ1n) is 9.89. The number of oxazole rings is 1. The maximum Gasteiger partial charge on any atom is 0.307 e. The molecule has 0 saturated heterocycles. The summed E-state index contributed by atoms with van der Waals surface area (Å²) in [6, 6.07) is 12.8. The van der Waals surface area contributed by atoms with E-state index in [0.717, 1.165) is 0 Å². The zero-order chi connectivity index (χ0) is 22.2. The number of carbonyl (C=O) groups excluding carboxylic acids is 2. The van der Waals surface area contributed by atoms with Crippen molar-refractivity contribution in [3.05, 3.63) is 66.4 Å². The van der Waals surface area contributed by atoms with Crippen LogP contribution < -0.4 is 10.1 Å². The van der Waals surface area contributed by atoms with Gasteiger partial charge in [0.25, 0.3) is 5.91 Å². The van der Waals surface area contributed by atoms with Crippen LogP contribution in [-0.2, 0) is 20.7 Å². The number of nitrogens with zero attached hydrogens (tertiary/aromatic N) is 1. The molecule has 0 bridgehead atoms. The van der Waals surface area contributed by atoms with Gasteiger partial charge in [-0.1, -0.05) is 12.1 Å². The van der Waals surface area contributed by atoms with Gasteiger partial charge in [-0.15, -0.1) is 0 Å². The fourth-order valence-corrected chi connectivity index (χ4v) is 2.78. The first-order chi connectivity index (χ1) is 15.0. The van der Waals surface area contributed by atoms with Crippen LogP contribution in [0.5, 0.6) is 5.75 Å². The Balaban J connectivity index is 1.49. The fraction of sp³-hybridized carbons (Fsp3) is 0.261. The van der Waals surface area contributed by atoms with E-state index < -0.39 is 18.0 Å². The summed E-state index contributed by atoms with van der Waals surface area (Å²) in [7, 11) is 0. The summed E-state index contributed by atoms with van der Waals surface area (Å²) >= 11 is 0. The Labute approximate surface area is 179 Å². The van der Waals surface area contributed by atoms with Crippen molar-refractivity contribution in [2.24, 2.45) is 0 Å². The van der Waals surface area contributed by atoms with Gasteiger partial charge in [0, 0.05) is 12.0 Å². The molecule has 0 radical (unpaired) electrons. The lowest BCUT2D eigenvalue weighted by Crippen LogP contribution is -2.30. The van der Waals surface area contributed by atoms with Gasteiger partial charge in [0.2, 0.25) is 0 Å². The molecule has 8 heteroatoms. The zero-order valence-corrected chi connectivity index (χ0v) is 17.3. The van der Waals surface area contributed by atoms with Crippen molar-refractivity contribution in [3.63, 3.8) is 0 Å². The van der Waals surface area contributed by atoms with Crippen LogP contribution in [0.4, 0.5) is 10.1 Å². The molecule has 3 aromatic rings. The Morgan fingerprint density at radius 1 is 1.16 bits per heavy atom. The number of ether oxygens (including phenoxy) is 2. The summed E-state index contributed by atoms with van der Waals surface area (Å²) in [6.45, 7) is 3.80. The van der Waals surface area contributed by atoms with Crippen LogP contribution in [0.15, 0.2) is 59.1 Å². The van der Waals surface area contributed by atoms with E-state index in [2.05, 4.69) is 10.3 Å². The summed E-state index contributed by atoms with van der Waals surface area (Å²) in [6.07, 6.45) is 0.735. The average molecular weight is 426 g/mol. The minimum Gasteiger partial charge on any atom is -0.492 e. The summed E-state index contributed by atoms with van der Waals surface area (Å²) in [5.74, 6) is 0.00379. The Morgan fingerprint density at radius 2 is 1.90 bits per heavy atom. The van der Waals surface area contributed by atoms with Crippen molar-refractivity contribution in [1.82, 2.24) is 4.98 Å². The number of benzene rings is 2. The lowest BCUT2D eigenvalue weighted by Gasteiger charge is -2.15. The molecule has 31 heavy (non-hydrogen) atoms. The highest BCUT2D eigenvalue weighted by Gasteiger charge is 2.20. The number of anilines is 1. The quantitative estimate of drug-likeness (QED) is 0.511. The van der Waals surface area contributed by atoms with E-state index in [0.29, 0.717) is 35.3 Å². The highest BCUT2D eigenvalue weighted by molar-refractivity contribution is 5.96. The van der Waals surface area contributed by atoms with Crippen LogP contribution in [0.1, 0.15) is 26.2 Å². The van der Waals surface area contributed by atoms with E-state index in [-0.39, 0.29) is 18.7 Å². The molecule has 7 nitrogen and oxygen atoms in total. The SMILES string of the molecule is CCOc1ccccc1NC(=O)C(C)OC(=O)CCc1ncc(-c2ccc(F)cc2)o1. The Kier molecular flexibility index (Phi) is 7.37. The second-order valence-corrected chi connectivity index (χ2v) is 6.68. The van der Waals surface area contributed by atoms with Gasteiger partial charge in [-0.3, -0.25) is 9.59 Å². The van der Waals surface area contributed by atoms with Crippen LogP contribution in [0, 0.1) is 5.82 Å². The number of para-hydroxylation sites is 2. The third-order valence-electron chi connectivity index (χ3n) is 4.35. The normalized spacial score (nSPS) is 11.6. The van der Waals surface area contributed by atoms with Gasteiger partial charge >= 0.3 is 5.97 Å². The predicted octanol–water partition coefficient (Wildman–Crippen LogP) is 4.38. The second-order valence-electron chi connectivity index (χ2n) is 6.68. The maximum absolute atomic E-state index is 13.0. The Morgan fingerprint density at radius 3 is 2.65 bits per heavy atom. The molecule has 0 aliphatic carbocycles. The van der Waals surface area contributed by atoms with Crippen molar-refractivity contribution in [1.29, 1.82) is 0 Å². The summed E-state index contributed by atoms with van der Waals surface area (Å²) in [5.41, 5.74) is 1.19. The number of aryl methyl sites for hydroxylation is 1. The highest BCUT2D eigenvalue weighted by atomic mass is 19.1. The molecular weight excluding hydrogens is 403 g/mol. The van der Waals surface area contributed by atoms with E-state index in [1.807, 2.05) is 6.92 Å². The first-order valence-corrected chi connectivity index (χ1v) is 9.89. The average Bonchev–Trinajstić information content (AvgIpc) is 3.23. The van der Waals surface area contributed by atoms with Crippen molar-refractivity contribution in [2.45, 2.75) is 32.8 Å². The topological polar surface area (TPSA) is 90.7 Å². The molecule has 162 valence electrons. The first kappa shape index (κ1) is 22.0. The van der Waals surface area contributed by atoms with Crippen molar-refractivity contribution >= 4 is 17.6 Å². The minimum absolute atomic E-state index is 0.00345. The number of rotatable bonds is 9. The van der Waals surface area contributed by atoms with Crippen molar-refractivity contribution in [2.75, 3.05) is 11.9 Å². The summed E-state index contributed by atoms with van der Waals surface area (Å²) in [4.78, 5) is 28.6. The van der Waals surface area contributed by atoms with Crippen LogP contribution in [0.25, 0.3) is 11.3 Å². The number of esters is 1. The number of nitrogens with one attached hydrogen (secondary N) is 1. The minimum atomic E-state index is -0.985. The molecule has 1 unspecified atom stereocenters. The standard InChI is InChI=1S/C23H23FN2O5/c1-3-29-19-7-5-4-6-18(19)26-23(28)15(2)30-22(27)13-12-21-25-14-20(31-21)16-8-10-17(24)11-9-16/h4-11,14-15H,3,12-13H2,1-2H3,(H,26,28). The Hall–Kier alpha value is -3.68. The molecule has 1 heterocycles. The van der Waals surface area contributed by atoms with Gasteiger partial charge in [-0.05, 0) is 50.2 Å². The van der Waals surface area contributed by atoms with Gasteiger partial charge < -0.3 is 19.2 Å². The van der Waals surface area contributed by atoms with E-state index in [9.17, 15) is 14.0 Å². The number of hydrogen-bond acceptors (Lipinski definition) is 6. The van der Waals surface area contributed by atoms with Gasteiger partial charge in [0.15, 0.2) is 17.8 Å². The Bertz CT molecular complexity index is 1030. The lowest BCUT2D eigenvalue weighted by atomic mass is 10.2. The maximum atomic E-state index is 13.0. The molecule has 1 N–H and O–H groups in total. The number of amides is 1. The molecule has 0 aliphatic rings. The molecule has 0 spiro atoms. The van der Waals surface area contributed by atoms with Crippen molar-refractivity contribution < 1.29 is 27.9 Å². The van der Waals surface area contributed by atoms with Crippen LogP contribution in [0.3, 0.4) is 0 Å². The molecule has 0 fully saturated rings. The molecular formula is C23H23FN2O5. The zero-order valence-electron chi connectivity index (χ0n) is 17.3. The molecule has 0 aliphatic heterocycles. The molecule has 3 rings (SSSR count). The lowest BCUT2D eigenvalue weighted by molar-refractivity contribution is -0.153. The van der Waals surface area contributed by atoms with E-state index in [4.69, 9.17) is 13.9 Å². The monoisotopic (exact) mass is 426 g/mol. The van der Waals surface area contributed by atoms with E-state index >= 15 is 0 Å². The fourth-order valence-electron chi connectivity index (χ4n) is 2.78. The molecule has 2 aromatic carbocycles. The van der Waals surface area contributed by atoms with Crippen LogP contribution in [0.2, 0.25) is 0 Å². The van der Waals surface area contributed by atoms with Gasteiger partial charge in [0.1, 0.15) is 11.6 Å². The molecule has 1 atom stereocenters. The molecule has 0 saturated carbocycles. The molecule has 1 aromatic heterocycles. The number of halogens is 1. The largest absolute Gasteiger partial charge is 0.492 e. The van der Waals surface area contributed by atoms with E-state index in [1.165, 1.54) is 25.3 Å². The third kappa shape index (κ3) is 6.15. The van der Waals surface area contributed by atoms with E-state index in [1.54, 1.807) is 36.4 Å². The smallest absolute Gasteiger partial charge is 0.307 e. The van der Waals surface area contributed by atoms with Gasteiger partial charge in [-0.2, -0.15) is 0 Å². The molecule has 1 amide bonds. The number of aromatic nitrogens is 1. The number of hydrogen-bond donors (Lipinski definition) is 1.